The van der Waals surface area contributed by atoms with Crippen LogP contribution in [0.15, 0.2) is 24.3 Å². The van der Waals surface area contributed by atoms with Crippen LogP contribution in [0.2, 0.25) is 0 Å². The Labute approximate surface area is 121 Å². The van der Waals surface area contributed by atoms with Crippen molar-refractivity contribution in [1.29, 1.82) is 0 Å². The SMILES string of the molecule is CCN(CC(=O)Nc1cccc(I)c1)C1CNC1. The lowest BCUT2D eigenvalue weighted by Crippen LogP contribution is -2.58. The van der Waals surface area contributed by atoms with E-state index in [1.165, 1.54) is 0 Å². The lowest BCUT2D eigenvalue weighted by molar-refractivity contribution is -0.118. The summed E-state index contributed by atoms with van der Waals surface area (Å²) >= 11 is 2.24. The van der Waals surface area contributed by atoms with Crippen LogP contribution in [0, 0.1) is 3.57 Å². The molecule has 18 heavy (non-hydrogen) atoms. The third-order valence-corrected chi connectivity index (χ3v) is 3.81. The zero-order valence-electron chi connectivity index (χ0n) is 10.4. The van der Waals surface area contributed by atoms with Gasteiger partial charge in [0.25, 0.3) is 0 Å². The fraction of sp³-hybridized carbons (Fsp3) is 0.462. The van der Waals surface area contributed by atoms with Gasteiger partial charge in [0.1, 0.15) is 0 Å². The number of nitrogens with zero attached hydrogens (tertiary/aromatic N) is 1. The van der Waals surface area contributed by atoms with Crippen LogP contribution in [-0.4, -0.2) is 43.0 Å². The summed E-state index contributed by atoms with van der Waals surface area (Å²) < 4.78 is 1.13. The molecule has 1 aliphatic heterocycles. The minimum atomic E-state index is 0.0609. The standard InChI is InChI=1S/C13H18IN3O/c1-2-17(12-7-15-8-12)9-13(18)16-11-5-3-4-10(14)6-11/h3-6,12,15H,2,7-9H2,1H3,(H,16,18). The Hall–Kier alpha value is -0.660. The van der Waals surface area contributed by atoms with Gasteiger partial charge in [-0.1, -0.05) is 13.0 Å². The molecule has 1 heterocycles. The van der Waals surface area contributed by atoms with Crippen molar-refractivity contribution in [3.8, 4) is 0 Å². The van der Waals surface area contributed by atoms with Crippen molar-refractivity contribution in [2.24, 2.45) is 0 Å². The second-order valence-electron chi connectivity index (χ2n) is 4.43. The van der Waals surface area contributed by atoms with Gasteiger partial charge in [0, 0.05) is 28.4 Å². The molecule has 1 saturated heterocycles. The van der Waals surface area contributed by atoms with Crippen LogP contribution >= 0.6 is 22.6 Å². The Morgan fingerprint density at radius 3 is 2.89 bits per heavy atom. The Bertz CT molecular complexity index is 420. The van der Waals surface area contributed by atoms with Crippen LogP contribution in [0.3, 0.4) is 0 Å². The number of hydrogen-bond acceptors (Lipinski definition) is 3. The molecule has 0 spiro atoms. The van der Waals surface area contributed by atoms with Crippen molar-refractivity contribution in [3.63, 3.8) is 0 Å². The molecule has 2 N–H and O–H groups in total. The van der Waals surface area contributed by atoms with E-state index in [1.807, 2.05) is 24.3 Å². The van der Waals surface area contributed by atoms with Gasteiger partial charge in [0.05, 0.1) is 6.54 Å². The third kappa shape index (κ3) is 3.66. The second-order valence-corrected chi connectivity index (χ2v) is 5.68. The summed E-state index contributed by atoms with van der Waals surface area (Å²) in [6.45, 7) is 5.45. The van der Waals surface area contributed by atoms with E-state index in [0.29, 0.717) is 12.6 Å². The predicted octanol–water partition coefficient (Wildman–Crippen LogP) is 1.52. The van der Waals surface area contributed by atoms with Crippen molar-refractivity contribution >= 4 is 34.2 Å². The van der Waals surface area contributed by atoms with Crippen LogP contribution in [0.4, 0.5) is 5.69 Å². The number of hydrogen-bond donors (Lipinski definition) is 2. The number of nitrogens with one attached hydrogen (secondary N) is 2. The van der Waals surface area contributed by atoms with Crippen LogP contribution in [0.5, 0.6) is 0 Å². The van der Waals surface area contributed by atoms with Gasteiger partial charge >= 0.3 is 0 Å². The molecule has 2 rings (SSSR count). The van der Waals surface area contributed by atoms with E-state index in [4.69, 9.17) is 0 Å². The molecule has 0 atom stereocenters. The minimum absolute atomic E-state index is 0.0609. The maximum Gasteiger partial charge on any atom is 0.238 e. The fourth-order valence-electron chi connectivity index (χ4n) is 1.98. The van der Waals surface area contributed by atoms with E-state index in [2.05, 4.69) is 45.0 Å². The Kier molecular flexibility index (Phi) is 4.96. The highest BCUT2D eigenvalue weighted by molar-refractivity contribution is 14.1. The second kappa shape index (κ2) is 6.49. The first kappa shape index (κ1) is 13.8. The first-order chi connectivity index (χ1) is 8.69. The zero-order chi connectivity index (χ0) is 13.0. The third-order valence-electron chi connectivity index (χ3n) is 3.14. The molecule has 0 radical (unpaired) electrons. The van der Waals surface area contributed by atoms with Crippen molar-refractivity contribution in [2.75, 3.05) is 31.5 Å². The number of carbonyl (C=O) groups is 1. The molecule has 98 valence electrons. The van der Waals surface area contributed by atoms with Gasteiger partial charge in [-0.25, -0.2) is 0 Å². The maximum absolute atomic E-state index is 12.0. The molecule has 1 fully saturated rings. The van der Waals surface area contributed by atoms with Gasteiger partial charge < -0.3 is 10.6 Å². The molecule has 0 aromatic heterocycles. The van der Waals surface area contributed by atoms with E-state index >= 15 is 0 Å². The first-order valence-electron chi connectivity index (χ1n) is 6.19. The molecule has 4 nitrogen and oxygen atoms in total. The molecule has 1 amide bonds. The molecule has 0 unspecified atom stereocenters. The summed E-state index contributed by atoms with van der Waals surface area (Å²) in [5.41, 5.74) is 0.870. The Balaban J connectivity index is 1.87. The number of benzene rings is 1. The summed E-state index contributed by atoms with van der Waals surface area (Å²) in [5.74, 6) is 0.0609. The number of carbonyl (C=O) groups excluding carboxylic acids is 1. The lowest BCUT2D eigenvalue weighted by atomic mass is 10.1. The number of rotatable bonds is 5. The van der Waals surface area contributed by atoms with E-state index in [-0.39, 0.29) is 5.91 Å². The van der Waals surface area contributed by atoms with Crippen molar-refractivity contribution < 1.29 is 4.79 Å². The van der Waals surface area contributed by atoms with Gasteiger partial charge in [-0.3, -0.25) is 9.69 Å². The lowest BCUT2D eigenvalue weighted by Gasteiger charge is -2.37. The first-order valence-corrected chi connectivity index (χ1v) is 7.27. The monoisotopic (exact) mass is 359 g/mol. The minimum Gasteiger partial charge on any atom is -0.325 e. The number of halogens is 1. The van der Waals surface area contributed by atoms with Crippen molar-refractivity contribution in [2.45, 2.75) is 13.0 Å². The van der Waals surface area contributed by atoms with Crippen LogP contribution in [-0.2, 0) is 4.79 Å². The Morgan fingerprint density at radius 1 is 1.56 bits per heavy atom. The fourth-order valence-corrected chi connectivity index (χ4v) is 2.53. The average Bonchev–Trinajstić information content (AvgIpc) is 2.25. The van der Waals surface area contributed by atoms with E-state index in [1.54, 1.807) is 0 Å². The van der Waals surface area contributed by atoms with Crippen molar-refractivity contribution in [1.82, 2.24) is 10.2 Å². The van der Waals surface area contributed by atoms with Gasteiger partial charge in [-0.15, -0.1) is 0 Å². The number of likely N-dealkylation sites (N-methyl/N-ethyl adjacent to an activating group) is 1. The summed E-state index contributed by atoms with van der Waals surface area (Å²) in [6, 6.07) is 8.36. The highest BCUT2D eigenvalue weighted by atomic mass is 127. The quantitative estimate of drug-likeness (QED) is 0.784. The molecule has 0 aliphatic carbocycles. The highest BCUT2D eigenvalue weighted by Gasteiger charge is 2.24. The normalized spacial score (nSPS) is 15.5. The number of amides is 1. The van der Waals surface area contributed by atoms with E-state index in [0.717, 1.165) is 28.9 Å². The van der Waals surface area contributed by atoms with Crippen molar-refractivity contribution in [3.05, 3.63) is 27.8 Å². The van der Waals surface area contributed by atoms with Gasteiger partial charge in [-0.2, -0.15) is 0 Å². The molecular formula is C13H18IN3O. The van der Waals surface area contributed by atoms with E-state index < -0.39 is 0 Å². The summed E-state index contributed by atoms with van der Waals surface area (Å²) in [5, 5.41) is 6.18. The molecular weight excluding hydrogens is 341 g/mol. The maximum atomic E-state index is 12.0. The molecule has 5 heteroatoms. The van der Waals surface area contributed by atoms with Gasteiger partial charge in [0.15, 0.2) is 0 Å². The summed E-state index contributed by atoms with van der Waals surface area (Å²) in [7, 11) is 0. The average molecular weight is 359 g/mol. The highest BCUT2D eigenvalue weighted by Crippen LogP contribution is 2.12. The largest absolute Gasteiger partial charge is 0.325 e. The summed E-state index contributed by atoms with van der Waals surface area (Å²) in [4.78, 5) is 14.2. The van der Waals surface area contributed by atoms with Gasteiger partial charge in [0.2, 0.25) is 5.91 Å². The smallest absolute Gasteiger partial charge is 0.238 e. The van der Waals surface area contributed by atoms with Gasteiger partial charge in [-0.05, 0) is 47.3 Å². The molecule has 1 aromatic carbocycles. The topological polar surface area (TPSA) is 44.4 Å². The molecule has 0 saturated carbocycles. The molecule has 0 bridgehead atoms. The van der Waals surface area contributed by atoms with Crippen LogP contribution in [0.1, 0.15) is 6.92 Å². The number of anilines is 1. The summed E-state index contributed by atoms with van der Waals surface area (Å²) in [6.07, 6.45) is 0. The molecule has 1 aromatic rings. The van der Waals surface area contributed by atoms with Crippen LogP contribution < -0.4 is 10.6 Å². The van der Waals surface area contributed by atoms with Crippen LogP contribution in [0.25, 0.3) is 0 Å². The predicted molar refractivity (Wildman–Crippen MR) is 81.7 cm³/mol. The zero-order valence-corrected chi connectivity index (χ0v) is 12.6. The molecule has 1 aliphatic rings. The Morgan fingerprint density at radius 2 is 2.33 bits per heavy atom. The van der Waals surface area contributed by atoms with E-state index in [9.17, 15) is 4.79 Å².